The zero-order chi connectivity index (χ0) is 54.1. The molecule has 0 unspecified atom stereocenters. The fourth-order valence-corrected chi connectivity index (χ4v) is 6.38. The lowest BCUT2D eigenvalue weighted by atomic mass is 9.97. The summed E-state index contributed by atoms with van der Waals surface area (Å²) in [5, 5.41) is 240. The molecule has 0 bridgehead atoms. The van der Waals surface area contributed by atoms with E-state index in [2.05, 4.69) is 0 Å². The molecule has 34 heteroatoms. The van der Waals surface area contributed by atoms with E-state index in [4.69, 9.17) is 89.7 Å². The standard InChI is InChI=1S/2C12H22O11.2C6H12O6/c2*13-1-3-5(15)6(16)9(19)12(22-3)23-10-4(2-14)21-11(20)8(18)7(10)17;2*7-1-3(9)5(11)6(12)4(10)2-8/h2*3-20H,1-2H2;2*1,3-6,8-12H,2H2/t2*3-,4-,5-,6+,7-,8-,9-,10-,11-,12-;2*3-,4+,5+,6+/m1100/s1. The van der Waals surface area contributed by atoms with E-state index >= 15 is 0 Å². The molecule has 0 amide bonds. The van der Waals surface area contributed by atoms with Crippen LogP contribution >= 0.6 is 0 Å². The van der Waals surface area contributed by atoms with Crippen molar-refractivity contribution in [1.29, 1.82) is 0 Å². The van der Waals surface area contributed by atoms with Crippen molar-refractivity contribution in [2.45, 2.75) is 172 Å². The zero-order valence-electron chi connectivity index (χ0n) is 36.5. The van der Waals surface area contributed by atoms with E-state index in [1.165, 1.54) is 0 Å². The second-order valence-corrected chi connectivity index (χ2v) is 15.8. The van der Waals surface area contributed by atoms with Gasteiger partial charge in [0, 0.05) is 0 Å². The highest BCUT2D eigenvalue weighted by atomic mass is 16.7. The van der Waals surface area contributed by atoms with Crippen LogP contribution in [0.3, 0.4) is 0 Å². The Morgan fingerprint density at radius 3 is 0.886 bits per heavy atom. The first-order valence-electron chi connectivity index (χ1n) is 20.8. The number of aliphatic hydroxyl groups excluding tert-OH is 26. The number of aldehydes is 2. The molecule has 4 fully saturated rings. The van der Waals surface area contributed by atoms with E-state index in [0.717, 1.165) is 0 Å². The Bertz CT molecular complexity index is 1320. The second kappa shape index (κ2) is 31.7. The van der Waals surface area contributed by atoms with E-state index in [9.17, 15) is 81.1 Å². The number of hydrogen-bond donors (Lipinski definition) is 26. The van der Waals surface area contributed by atoms with Gasteiger partial charge in [0.25, 0.3) is 0 Å². The largest absolute Gasteiger partial charge is 0.394 e. The van der Waals surface area contributed by atoms with Gasteiger partial charge >= 0.3 is 0 Å². The van der Waals surface area contributed by atoms with Crippen molar-refractivity contribution >= 4 is 12.6 Å². The molecule has 0 spiro atoms. The molecule has 34 nitrogen and oxygen atoms in total. The molecule has 416 valence electrons. The van der Waals surface area contributed by atoms with Gasteiger partial charge in [-0.15, -0.1) is 0 Å². The Kier molecular flexibility index (Phi) is 29.9. The van der Waals surface area contributed by atoms with Crippen LogP contribution in [0.25, 0.3) is 0 Å². The van der Waals surface area contributed by atoms with Crippen LogP contribution in [0.1, 0.15) is 0 Å². The average molecular weight is 1040 g/mol. The van der Waals surface area contributed by atoms with Gasteiger partial charge in [0.2, 0.25) is 0 Å². The number of ether oxygens (including phenoxy) is 6. The van der Waals surface area contributed by atoms with Gasteiger partial charge < -0.3 is 171 Å². The molecular formula is C36H68O34. The zero-order valence-corrected chi connectivity index (χ0v) is 36.5. The lowest BCUT2D eigenvalue weighted by Crippen LogP contribution is -2.64. The maximum atomic E-state index is 9.94. The number of aliphatic hydroxyl groups is 26. The molecule has 70 heavy (non-hydrogen) atoms. The molecule has 28 atom stereocenters. The molecule has 4 aliphatic heterocycles. The Balaban J connectivity index is 0.000000490. The van der Waals surface area contributed by atoms with Crippen molar-refractivity contribution < 1.29 is 171 Å². The van der Waals surface area contributed by atoms with Gasteiger partial charge in [0.15, 0.2) is 37.7 Å². The van der Waals surface area contributed by atoms with Crippen LogP contribution < -0.4 is 0 Å². The number of hydrogen-bond acceptors (Lipinski definition) is 34. The third-order valence-corrected chi connectivity index (χ3v) is 10.8. The number of carbonyl (C=O) groups excluding carboxylic acids is 2. The van der Waals surface area contributed by atoms with Crippen molar-refractivity contribution in [3.63, 3.8) is 0 Å². The SMILES string of the molecule is O=C[C@H](O)[C@@H](O)[C@H](O)[C@H](O)CO.O=C[C@H](O)[C@@H](O)[C@H](O)[C@H](O)CO.OC[C@H]1O[C@H](O[C@H]2[C@H](O)[C@@H](O)[C@H](O)O[C@@H]2CO)[C@H](O)[C@@H](O)[C@@H]1O.OC[C@H]1O[C@H](O[C@H]2[C@H](O)[C@@H](O)[C@H](O)O[C@@H]2CO)[C@H](O)[C@@H](O)[C@@H]1O. The molecular weight excluding hydrogens is 976 g/mol. The summed E-state index contributed by atoms with van der Waals surface area (Å²) in [5.41, 5.74) is 0. The Labute approximate surface area is 394 Å². The van der Waals surface area contributed by atoms with Crippen LogP contribution in [-0.2, 0) is 38.0 Å². The molecule has 4 saturated heterocycles. The van der Waals surface area contributed by atoms with Gasteiger partial charge in [-0.1, -0.05) is 0 Å². The van der Waals surface area contributed by atoms with Crippen LogP contribution in [0.4, 0.5) is 0 Å². The van der Waals surface area contributed by atoms with Crippen molar-refractivity contribution in [3.05, 3.63) is 0 Å². The number of carbonyl (C=O) groups is 2. The Hall–Kier alpha value is -1.94. The minimum Gasteiger partial charge on any atom is -0.394 e. The van der Waals surface area contributed by atoms with Gasteiger partial charge in [0.1, 0.15) is 146 Å². The first-order chi connectivity index (χ1) is 32.7. The third kappa shape index (κ3) is 17.6. The molecule has 0 aliphatic carbocycles. The molecule has 0 saturated carbocycles. The van der Waals surface area contributed by atoms with E-state index in [0.29, 0.717) is 0 Å². The van der Waals surface area contributed by atoms with Gasteiger partial charge in [0.05, 0.1) is 39.6 Å². The summed E-state index contributed by atoms with van der Waals surface area (Å²) < 4.78 is 30.5. The lowest BCUT2D eigenvalue weighted by Gasteiger charge is -2.45. The van der Waals surface area contributed by atoms with Crippen LogP contribution in [0.15, 0.2) is 0 Å². The van der Waals surface area contributed by atoms with Crippen molar-refractivity contribution in [2.75, 3.05) is 39.6 Å². The molecule has 0 aromatic rings. The quantitative estimate of drug-likeness (QED) is 0.0567. The first kappa shape index (κ1) is 66.1. The summed E-state index contributed by atoms with van der Waals surface area (Å²) in [4.78, 5) is 19.8. The van der Waals surface area contributed by atoms with Gasteiger partial charge in [-0.3, -0.25) is 0 Å². The number of rotatable bonds is 18. The van der Waals surface area contributed by atoms with E-state index < -0.39 is 211 Å². The molecule has 0 aromatic heterocycles. The van der Waals surface area contributed by atoms with Crippen LogP contribution in [0.2, 0.25) is 0 Å². The molecule has 4 heterocycles. The third-order valence-electron chi connectivity index (χ3n) is 10.8. The summed E-state index contributed by atoms with van der Waals surface area (Å²) in [6.07, 6.45) is -44.8. The van der Waals surface area contributed by atoms with E-state index in [1.54, 1.807) is 0 Å². The summed E-state index contributed by atoms with van der Waals surface area (Å²) in [6, 6.07) is 0. The van der Waals surface area contributed by atoms with Crippen LogP contribution in [0, 0.1) is 0 Å². The monoisotopic (exact) mass is 1040 g/mol. The molecule has 4 aliphatic rings. The molecule has 4 rings (SSSR count). The molecule has 0 aromatic carbocycles. The highest BCUT2D eigenvalue weighted by Crippen LogP contribution is 2.30. The predicted octanol–water partition coefficient (Wildman–Crippen LogP) is -17.6. The summed E-state index contributed by atoms with van der Waals surface area (Å²) in [6.45, 7) is -4.21. The molecule has 26 N–H and O–H groups in total. The fourth-order valence-electron chi connectivity index (χ4n) is 6.38. The fraction of sp³-hybridized carbons (Fsp3) is 0.944. The Morgan fingerprint density at radius 2 is 0.643 bits per heavy atom. The predicted molar refractivity (Wildman–Crippen MR) is 212 cm³/mol. The lowest BCUT2D eigenvalue weighted by molar-refractivity contribution is -0.355. The normalized spacial score (nSPS) is 41.2. The minimum atomic E-state index is -1.79. The van der Waals surface area contributed by atoms with E-state index in [1.807, 2.05) is 0 Å². The topological polar surface area (TPSA) is 616 Å². The Morgan fingerprint density at radius 1 is 0.357 bits per heavy atom. The highest BCUT2D eigenvalue weighted by molar-refractivity contribution is 5.57. The second-order valence-electron chi connectivity index (χ2n) is 15.8. The van der Waals surface area contributed by atoms with Crippen LogP contribution in [-0.4, -0.2) is 357 Å². The smallest absolute Gasteiger partial charge is 0.187 e. The van der Waals surface area contributed by atoms with Crippen LogP contribution in [0.5, 0.6) is 0 Å². The van der Waals surface area contributed by atoms with Crippen molar-refractivity contribution in [1.82, 2.24) is 0 Å². The maximum absolute atomic E-state index is 9.94. The maximum Gasteiger partial charge on any atom is 0.187 e. The van der Waals surface area contributed by atoms with Gasteiger partial charge in [-0.05, 0) is 0 Å². The molecule has 0 radical (unpaired) electrons. The van der Waals surface area contributed by atoms with Crippen molar-refractivity contribution in [2.24, 2.45) is 0 Å². The highest BCUT2D eigenvalue weighted by Gasteiger charge is 2.52. The summed E-state index contributed by atoms with van der Waals surface area (Å²) in [7, 11) is 0. The van der Waals surface area contributed by atoms with E-state index in [-0.39, 0.29) is 12.6 Å². The minimum absolute atomic E-state index is 0.0258. The average Bonchev–Trinajstić information content (AvgIpc) is 3.37. The van der Waals surface area contributed by atoms with Gasteiger partial charge in [-0.25, -0.2) is 0 Å². The van der Waals surface area contributed by atoms with Gasteiger partial charge in [-0.2, -0.15) is 0 Å². The summed E-state index contributed by atoms with van der Waals surface area (Å²) >= 11 is 0. The first-order valence-corrected chi connectivity index (χ1v) is 20.8. The summed E-state index contributed by atoms with van der Waals surface area (Å²) in [5.74, 6) is 0. The van der Waals surface area contributed by atoms with Crippen molar-refractivity contribution in [3.8, 4) is 0 Å².